The molecule has 2 atom stereocenters. The van der Waals surface area contributed by atoms with Crippen LogP contribution in [0.25, 0.3) is 0 Å². The quantitative estimate of drug-likeness (QED) is 0.609. The van der Waals surface area contributed by atoms with Crippen LogP contribution in [-0.4, -0.2) is 36.0 Å². The van der Waals surface area contributed by atoms with Gasteiger partial charge in [-0.25, -0.2) is 0 Å². The van der Waals surface area contributed by atoms with Gasteiger partial charge in [0, 0.05) is 6.42 Å². The van der Waals surface area contributed by atoms with Crippen LogP contribution >= 0.6 is 7.60 Å². The SMILES string of the molecule is CCCC1(P(=O)(OCC)OCC)N=C1C1CC(c2ccccc2)=NO1. The fourth-order valence-electron chi connectivity index (χ4n) is 3.29. The topological polar surface area (TPSA) is 69.5 Å². The van der Waals surface area contributed by atoms with Gasteiger partial charge in [-0.05, 0) is 25.8 Å². The molecule has 0 saturated heterocycles. The Morgan fingerprint density at radius 2 is 1.88 bits per heavy atom. The summed E-state index contributed by atoms with van der Waals surface area (Å²) in [5.41, 5.74) is 2.67. The Morgan fingerprint density at radius 3 is 2.48 bits per heavy atom. The van der Waals surface area contributed by atoms with Gasteiger partial charge in [-0.1, -0.05) is 48.8 Å². The summed E-state index contributed by atoms with van der Waals surface area (Å²) in [5.74, 6) is 0. The summed E-state index contributed by atoms with van der Waals surface area (Å²) in [6.45, 7) is 6.31. The van der Waals surface area contributed by atoms with E-state index in [-0.39, 0.29) is 6.10 Å². The Hall–Kier alpha value is -1.49. The second kappa shape index (κ2) is 7.40. The monoisotopic (exact) mass is 364 g/mol. The Morgan fingerprint density at radius 1 is 1.20 bits per heavy atom. The molecule has 1 aromatic carbocycles. The van der Waals surface area contributed by atoms with E-state index in [9.17, 15) is 4.57 Å². The summed E-state index contributed by atoms with van der Waals surface area (Å²) in [6.07, 6.45) is 1.78. The molecular weight excluding hydrogens is 339 g/mol. The third-order valence-corrected chi connectivity index (χ3v) is 7.05. The van der Waals surface area contributed by atoms with E-state index >= 15 is 0 Å². The Labute approximate surface area is 148 Å². The second-order valence-corrected chi connectivity index (χ2v) is 8.35. The zero-order valence-electron chi connectivity index (χ0n) is 15.0. The molecule has 0 aliphatic carbocycles. The lowest BCUT2D eigenvalue weighted by atomic mass is 10.0. The molecule has 3 rings (SSSR count). The van der Waals surface area contributed by atoms with Gasteiger partial charge in [0.05, 0.1) is 24.6 Å². The minimum Gasteiger partial charge on any atom is -0.386 e. The van der Waals surface area contributed by atoms with E-state index in [0.717, 1.165) is 23.4 Å². The summed E-state index contributed by atoms with van der Waals surface area (Å²) in [6, 6.07) is 9.92. The van der Waals surface area contributed by atoms with Crippen molar-refractivity contribution in [3.8, 4) is 0 Å². The molecule has 6 nitrogen and oxygen atoms in total. The fraction of sp³-hybridized carbons (Fsp3) is 0.556. The highest BCUT2D eigenvalue weighted by Crippen LogP contribution is 2.69. The van der Waals surface area contributed by atoms with Gasteiger partial charge in [-0.2, -0.15) is 0 Å². The van der Waals surface area contributed by atoms with Crippen molar-refractivity contribution < 1.29 is 18.5 Å². The maximum atomic E-state index is 13.4. The van der Waals surface area contributed by atoms with Gasteiger partial charge < -0.3 is 13.9 Å². The summed E-state index contributed by atoms with van der Waals surface area (Å²) in [4.78, 5) is 10.2. The molecule has 2 aliphatic rings. The molecule has 2 heterocycles. The van der Waals surface area contributed by atoms with Crippen molar-refractivity contribution in [1.29, 1.82) is 0 Å². The molecule has 2 aliphatic heterocycles. The van der Waals surface area contributed by atoms with Gasteiger partial charge >= 0.3 is 7.60 Å². The van der Waals surface area contributed by atoms with Crippen LogP contribution in [0, 0.1) is 0 Å². The molecule has 0 saturated carbocycles. The van der Waals surface area contributed by atoms with Crippen molar-refractivity contribution in [2.75, 3.05) is 13.2 Å². The highest BCUT2D eigenvalue weighted by Gasteiger charge is 2.66. The van der Waals surface area contributed by atoms with Crippen molar-refractivity contribution in [3.05, 3.63) is 35.9 Å². The van der Waals surface area contributed by atoms with Gasteiger partial charge in [0.25, 0.3) is 0 Å². The summed E-state index contributed by atoms with van der Waals surface area (Å²) >= 11 is 0. The van der Waals surface area contributed by atoms with Crippen molar-refractivity contribution in [3.63, 3.8) is 0 Å². The molecule has 1 aromatic rings. The predicted octanol–water partition coefficient (Wildman–Crippen LogP) is 4.40. The largest absolute Gasteiger partial charge is 0.386 e. The first-order valence-corrected chi connectivity index (χ1v) is 10.4. The maximum absolute atomic E-state index is 13.4. The number of nitrogens with zero attached hydrogens (tertiary/aromatic N) is 2. The maximum Gasteiger partial charge on any atom is 0.363 e. The van der Waals surface area contributed by atoms with Gasteiger partial charge in [-0.15, -0.1) is 0 Å². The molecule has 0 amide bonds. The van der Waals surface area contributed by atoms with Crippen LogP contribution in [0.15, 0.2) is 40.5 Å². The first-order valence-electron chi connectivity index (χ1n) is 8.87. The van der Waals surface area contributed by atoms with E-state index in [1.165, 1.54) is 0 Å². The van der Waals surface area contributed by atoms with Crippen LogP contribution in [0.4, 0.5) is 0 Å². The lowest BCUT2D eigenvalue weighted by Gasteiger charge is -2.26. The Balaban J connectivity index is 1.76. The van der Waals surface area contributed by atoms with Gasteiger partial charge in [0.15, 0.2) is 6.10 Å². The fourth-order valence-corrected chi connectivity index (χ4v) is 5.62. The van der Waals surface area contributed by atoms with E-state index in [4.69, 9.17) is 13.9 Å². The van der Waals surface area contributed by atoms with E-state index in [2.05, 4.69) is 10.1 Å². The van der Waals surface area contributed by atoms with Crippen LogP contribution in [0.3, 0.4) is 0 Å². The molecule has 0 bridgehead atoms. The Kier molecular flexibility index (Phi) is 5.42. The van der Waals surface area contributed by atoms with E-state index in [0.29, 0.717) is 26.1 Å². The number of hydrogen-bond donors (Lipinski definition) is 0. The number of oxime groups is 1. The van der Waals surface area contributed by atoms with E-state index in [1.807, 2.05) is 51.1 Å². The number of rotatable bonds is 9. The second-order valence-electron chi connectivity index (χ2n) is 6.10. The lowest BCUT2D eigenvalue weighted by molar-refractivity contribution is 0.132. The van der Waals surface area contributed by atoms with E-state index < -0.39 is 12.9 Å². The van der Waals surface area contributed by atoms with Crippen LogP contribution in [0.2, 0.25) is 0 Å². The average Bonchev–Trinajstić information content (AvgIpc) is 3.15. The van der Waals surface area contributed by atoms with Crippen molar-refractivity contribution >= 4 is 19.0 Å². The number of benzene rings is 1. The van der Waals surface area contributed by atoms with Crippen LogP contribution in [-0.2, 0) is 18.5 Å². The van der Waals surface area contributed by atoms with Gasteiger partial charge in [0.2, 0.25) is 5.28 Å². The van der Waals surface area contributed by atoms with E-state index in [1.54, 1.807) is 0 Å². The summed E-state index contributed by atoms with van der Waals surface area (Å²) in [5, 5.41) is 3.34. The standard InChI is InChI=1S/C18H25N2O4P/c1-4-12-18(25(21,22-5-2)23-6-3)17(19-18)16-13-15(20-24-16)14-10-8-7-9-11-14/h7-11,16H,4-6,12-13H2,1-3H3. The Bertz CT molecular complexity index is 709. The molecule has 2 unspecified atom stereocenters. The highest BCUT2D eigenvalue weighted by molar-refractivity contribution is 7.57. The average molecular weight is 364 g/mol. The first kappa shape index (κ1) is 18.3. The minimum absolute atomic E-state index is 0.295. The third-order valence-electron chi connectivity index (χ3n) is 4.40. The summed E-state index contributed by atoms with van der Waals surface area (Å²) < 4.78 is 24.5. The van der Waals surface area contributed by atoms with Crippen LogP contribution in [0.5, 0.6) is 0 Å². The first-order chi connectivity index (χ1) is 12.1. The number of aliphatic imine (C=N–C) groups is 1. The van der Waals surface area contributed by atoms with Crippen LogP contribution in [0.1, 0.15) is 45.6 Å². The normalized spacial score (nSPS) is 25.3. The molecule has 0 radical (unpaired) electrons. The number of hydrogen-bond acceptors (Lipinski definition) is 6. The zero-order valence-corrected chi connectivity index (χ0v) is 15.9. The van der Waals surface area contributed by atoms with Crippen molar-refractivity contribution in [1.82, 2.24) is 0 Å². The highest BCUT2D eigenvalue weighted by atomic mass is 31.2. The molecule has 0 aromatic heterocycles. The lowest BCUT2D eigenvalue weighted by Crippen LogP contribution is -2.30. The third kappa shape index (κ3) is 3.31. The molecule has 0 spiro atoms. The van der Waals surface area contributed by atoms with Gasteiger partial charge in [0.1, 0.15) is 0 Å². The van der Waals surface area contributed by atoms with Crippen molar-refractivity contribution in [2.24, 2.45) is 10.1 Å². The minimum atomic E-state index is -3.36. The zero-order chi connectivity index (χ0) is 17.9. The van der Waals surface area contributed by atoms with Crippen LogP contribution < -0.4 is 0 Å². The molecule has 7 heteroatoms. The molecule has 0 fully saturated rings. The molecule has 136 valence electrons. The molecule has 0 N–H and O–H groups in total. The summed E-state index contributed by atoms with van der Waals surface area (Å²) in [7, 11) is -3.36. The van der Waals surface area contributed by atoms with Crippen molar-refractivity contribution in [2.45, 2.75) is 51.4 Å². The van der Waals surface area contributed by atoms with Gasteiger partial charge in [-0.3, -0.25) is 9.56 Å². The predicted molar refractivity (Wildman–Crippen MR) is 98.4 cm³/mol. The smallest absolute Gasteiger partial charge is 0.363 e. The molecular formula is C18H25N2O4P. The molecule has 25 heavy (non-hydrogen) atoms.